The summed E-state index contributed by atoms with van der Waals surface area (Å²) in [7, 11) is 0. The molecule has 1 amide bonds. The minimum absolute atomic E-state index is 0.0688. The third-order valence-corrected chi connectivity index (χ3v) is 7.83. The Kier molecular flexibility index (Phi) is 6.29. The molecule has 2 aromatic heterocycles. The largest absolute Gasteiger partial charge is 0.461 e. The first-order chi connectivity index (χ1) is 17.7. The first-order valence-electron chi connectivity index (χ1n) is 12.4. The lowest BCUT2D eigenvalue weighted by Crippen LogP contribution is -2.49. The molecule has 2 aromatic carbocycles. The first-order valence-corrected chi connectivity index (χ1v) is 13.2. The number of aryl methyl sites for hydroxylation is 1. The molecule has 0 saturated carbocycles. The molecule has 6 rings (SSSR count). The highest BCUT2D eigenvalue weighted by atomic mass is 32.1. The van der Waals surface area contributed by atoms with Crippen LogP contribution in [0.2, 0.25) is 0 Å². The van der Waals surface area contributed by atoms with E-state index in [1.54, 1.807) is 11.3 Å². The number of carbonyl (C=O) groups excluding carboxylic acids is 1. The van der Waals surface area contributed by atoms with Crippen molar-refractivity contribution in [3.8, 4) is 17.1 Å². The molecule has 4 aromatic rings. The maximum absolute atomic E-state index is 13.2. The van der Waals surface area contributed by atoms with Crippen molar-refractivity contribution in [2.45, 2.75) is 19.4 Å². The van der Waals surface area contributed by atoms with E-state index < -0.39 is 0 Å². The summed E-state index contributed by atoms with van der Waals surface area (Å²) < 4.78 is 11.1. The van der Waals surface area contributed by atoms with Gasteiger partial charge in [0, 0.05) is 36.6 Å². The minimum atomic E-state index is 0.0688. The number of hydrogen-bond acceptors (Lipinski definition) is 7. The molecule has 2 aliphatic heterocycles. The number of epoxide rings is 1. The summed E-state index contributed by atoms with van der Waals surface area (Å²) in [5.41, 5.74) is 2.98. The molecule has 0 bridgehead atoms. The van der Waals surface area contributed by atoms with Gasteiger partial charge in [-0.15, -0.1) is 11.3 Å². The quantitative estimate of drug-likeness (QED) is 0.344. The van der Waals surface area contributed by atoms with Crippen LogP contribution >= 0.6 is 11.3 Å². The summed E-state index contributed by atoms with van der Waals surface area (Å²) >= 11 is 1.69. The zero-order valence-electron chi connectivity index (χ0n) is 20.2. The van der Waals surface area contributed by atoms with Gasteiger partial charge < -0.3 is 19.3 Å². The van der Waals surface area contributed by atoms with Crippen LogP contribution in [0, 0.1) is 0 Å². The number of fused-ring (bicyclic) bond motifs is 1. The van der Waals surface area contributed by atoms with E-state index >= 15 is 0 Å². The van der Waals surface area contributed by atoms with Crippen LogP contribution in [0.1, 0.15) is 22.2 Å². The smallest absolute Gasteiger partial charge is 0.319 e. The van der Waals surface area contributed by atoms with Crippen LogP contribution in [-0.4, -0.2) is 66.3 Å². The standard InChI is InChI=1S/C28H28N4O3S/c1-2-23-16-24-25(29-28(30-26(24)36-23)35-18-22-17-34-22)31-12-14-32(15-13-31)27(33)21-10-8-20(9-11-21)19-6-4-3-5-7-19/h3-11,16,22H,2,12-15,17-18H2,1H3/t22-/m1/s1. The Bertz CT molecular complexity index is 1360. The number of benzene rings is 2. The second kappa shape index (κ2) is 9.87. The fourth-order valence-corrected chi connectivity index (χ4v) is 5.44. The van der Waals surface area contributed by atoms with Gasteiger partial charge in [-0.05, 0) is 35.7 Å². The van der Waals surface area contributed by atoms with Gasteiger partial charge in [0.25, 0.3) is 5.91 Å². The van der Waals surface area contributed by atoms with Crippen molar-refractivity contribution >= 4 is 33.3 Å². The number of anilines is 1. The molecule has 2 aliphatic rings. The molecule has 0 spiro atoms. The van der Waals surface area contributed by atoms with E-state index in [2.05, 4.69) is 35.0 Å². The summed E-state index contributed by atoms with van der Waals surface area (Å²) in [4.78, 5) is 29.0. The number of thiophene rings is 1. The molecule has 7 nitrogen and oxygen atoms in total. The van der Waals surface area contributed by atoms with Gasteiger partial charge >= 0.3 is 6.01 Å². The zero-order valence-corrected chi connectivity index (χ0v) is 21.0. The molecule has 2 fully saturated rings. The number of amides is 1. The Morgan fingerprint density at radius 3 is 2.44 bits per heavy atom. The van der Waals surface area contributed by atoms with Crippen molar-refractivity contribution in [1.82, 2.24) is 14.9 Å². The third kappa shape index (κ3) is 4.79. The molecule has 0 aliphatic carbocycles. The fourth-order valence-electron chi connectivity index (χ4n) is 4.49. The SMILES string of the molecule is CCc1cc2c(N3CCN(C(=O)c4ccc(-c5ccccc5)cc4)CC3)nc(OC[C@H]3CO3)nc2s1. The molecule has 0 radical (unpaired) electrons. The van der Waals surface area contributed by atoms with Gasteiger partial charge in [0.15, 0.2) is 0 Å². The van der Waals surface area contributed by atoms with Gasteiger partial charge in [0.2, 0.25) is 0 Å². The van der Waals surface area contributed by atoms with Crippen molar-refractivity contribution < 1.29 is 14.3 Å². The molecular formula is C28H28N4O3S. The highest BCUT2D eigenvalue weighted by molar-refractivity contribution is 7.18. The maximum atomic E-state index is 13.2. The van der Waals surface area contributed by atoms with Crippen LogP contribution in [0.25, 0.3) is 21.3 Å². The molecule has 36 heavy (non-hydrogen) atoms. The Balaban J connectivity index is 1.16. The summed E-state index contributed by atoms with van der Waals surface area (Å²) in [6.07, 6.45) is 1.11. The van der Waals surface area contributed by atoms with Crippen LogP contribution < -0.4 is 9.64 Å². The number of carbonyl (C=O) groups is 1. The van der Waals surface area contributed by atoms with Gasteiger partial charge in [-0.3, -0.25) is 4.79 Å². The van der Waals surface area contributed by atoms with Crippen molar-refractivity contribution in [3.63, 3.8) is 0 Å². The van der Waals surface area contributed by atoms with Crippen LogP contribution in [-0.2, 0) is 11.2 Å². The molecule has 8 heteroatoms. The molecule has 0 unspecified atom stereocenters. The van der Waals surface area contributed by atoms with Crippen LogP contribution in [0.3, 0.4) is 0 Å². The first kappa shape index (κ1) is 22.9. The van der Waals surface area contributed by atoms with Crippen molar-refractivity contribution in [2.75, 3.05) is 44.3 Å². The second-order valence-corrected chi connectivity index (χ2v) is 10.2. The van der Waals surface area contributed by atoms with E-state index in [4.69, 9.17) is 14.5 Å². The summed E-state index contributed by atoms with van der Waals surface area (Å²) in [6, 6.07) is 20.7. The fraction of sp³-hybridized carbons (Fsp3) is 0.321. The lowest BCUT2D eigenvalue weighted by Gasteiger charge is -2.35. The second-order valence-electron chi connectivity index (χ2n) is 9.10. The number of piperazine rings is 1. The number of hydrogen-bond donors (Lipinski definition) is 0. The van der Waals surface area contributed by atoms with E-state index in [1.807, 2.05) is 47.4 Å². The van der Waals surface area contributed by atoms with Crippen LogP contribution in [0.4, 0.5) is 5.82 Å². The summed E-state index contributed by atoms with van der Waals surface area (Å²) in [5.74, 6) is 0.960. The van der Waals surface area contributed by atoms with Gasteiger partial charge in [0.05, 0.1) is 12.0 Å². The number of rotatable bonds is 7. The number of ether oxygens (including phenoxy) is 2. The Labute approximate surface area is 214 Å². The Morgan fingerprint density at radius 1 is 1.03 bits per heavy atom. The van der Waals surface area contributed by atoms with E-state index in [1.165, 1.54) is 4.88 Å². The molecule has 0 N–H and O–H groups in total. The van der Waals surface area contributed by atoms with Gasteiger partial charge in [0.1, 0.15) is 23.4 Å². The monoisotopic (exact) mass is 500 g/mol. The predicted octanol–water partition coefficient (Wildman–Crippen LogP) is 4.66. The van der Waals surface area contributed by atoms with Gasteiger partial charge in [-0.25, -0.2) is 0 Å². The molecular weight excluding hydrogens is 472 g/mol. The highest BCUT2D eigenvalue weighted by Gasteiger charge is 2.27. The Morgan fingerprint density at radius 2 is 1.75 bits per heavy atom. The Hall–Kier alpha value is -3.49. The number of aromatic nitrogens is 2. The summed E-state index contributed by atoms with van der Waals surface area (Å²) in [5, 5.41) is 1.06. The van der Waals surface area contributed by atoms with Crippen molar-refractivity contribution in [2.24, 2.45) is 0 Å². The highest BCUT2D eigenvalue weighted by Crippen LogP contribution is 2.33. The van der Waals surface area contributed by atoms with Crippen molar-refractivity contribution in [3.05, 3.63) is 71.1 Å². The average molecular weight is 501 g/mol. The van der Waals surface area contributed by atoms with Crippen molar-refractivity contribution in [1.29, 1.82) is 0 Å². The molecule has 4 heterocycles. The molecule has 1 atom stereocenters. The molecule has 2 saturated heterocycles. The van der Waals surface area contributed by atoms with E-state index in [-0.39, 0.29) is 12.0 Å². The lowest BCUT2D eigenvalue weighted by atomic mass is 10.0. The predicted molar refractivity (Wildman–Crippen MR) is 142 cm³/mol. The normalized spacial score (nSPS) is 17.4. The maximum Gasteiger partial charge on any atom is 0.319 e. The lowest BCUT2D eigenvalue weighted by molar-refractivity contribution is 0.0746. The minimum Gasteiger partial charge on any atom is -0.461 e. The van der Waals surface area contributed by atoms with E-state index in [9.17, 15) is 4.79 Å². The van der Waals surface area contributed by atoms with Crippen LogP contribution in [0.5, 0.6) is 6.01 Å². The average Bonchev–Trinajstić information content (AvgIpc) is 3.68. The van der Waals surface area contributed by atoms with E-state index in [0.717, 1.165) is 45.8 Å². The van der Waals surface area contributed by atoms with Crippen LogP contribution in [0.15, 0.2) is 60.7 Å². The van der Waals surface area contributed by atoms with Gasteiger partial charge in [-0.1, -0.05) is 49.4 Å². The summed E-state index contributed by atoms with van der Waals surface area (Å²) in [6.45, 7) is 6.06. The zero-order chi connectivity index (χ0) is 24.5. The van der Waals surface area contributed by atoms with Gasteiger partial charge in [-0.2, -0.15) is 9.97 Å². The number of nitrogens with zero attached hydrogens (tertiary/aromatic N) is 4. The van der Waals surface area contributed by atoms with E-state index in [0.29, 0.717) is 38.8 Å². The topological polar surface area (TPSA) is 71.1 Å². The third-order valence-electron chi connectivity index (χ3n) is 6.66. The molecule has 184 valence electrons.